The number of hydrogen-bond donors (Lipinski definition) is 1. The van der Waals surface area contributed by atoms with Gasteiger partial charge in [0.1, 0.15) is 5.69 Å². The van der Waals surface area contributed by atoms with Gasteiger partial charge in [0.25, 0.3) is 0 Å². The summed E-state index contributed by atoms with van der Waals surface area (Å²) < 4.78 is 0. The van der Waals surface area contributed by atoms with Crippen LogP contribution >= 0.6 is 0 Å². The lowest BCUT2D eigenvalue weighted by molar-refractivity contribution is 0.937. The topological polar surface area (TPSA) is 41.6 Å². The normalized spacial score (nSPS) is 11.4. The molecule has 27 heavy (non-hydrogen) atoms. The number of rotatable bonds is 5. The van der Waals surface area contributed by atoms with Gasteiger partial charge in [-0.25, -0.2) is 0 Å². The van der Waals surface area contributed by atoms with Crippen molar-refractivity contribution in [2.45, 2.75) is 0 Å². The zero-order chi connectivity index (χ0) is 18.3. The fraction of sp³-hybridized carbons (Fsp3) is 0. The highest BCUT2D eigenvalue weighted by molar-refractivity contribution is 5.73. The largest absolute Gasteiger partial charge is 0.265 e. The summed E-state index contributed by atoms with van der Waals surface area (Å²) in [4.78, 5) is 0. The summed E-state index contributed by atoms with van der Waals surface area (Å²) in [7, 11) is 0. The molecule has 0 fully saturated rings. The van der Waals surface area contributed by atoms with Gasteiger partial charge in [-0.1, -0.05) is 102 Å². The van der Waals surface area contributed by atoms with Crippen LogP contribution in [0.4, 0.5) is 0 Å². The summed E-state index contributed by atoms with van der Waals surface area (Å²) in [6, 6.07) is 27.4. The molecule has 1 N–H and O–H groups in total. The third-order valence-corrected chi connectivity index (χ3v) is 4.30. The molecule has 0 saturated heterocycles. The van der Waals surface area contributed by atoms with Gasteiger partial charge >= 0.3 is 0 Å². The van der Waals surface area contributed by atoms with Crippen molar-refractivity contribution in [3.8, 4) is 11.1 Å². The summed E-state index contributed by atoms with van der Waals surface area (Å²) in [6.07, 6.45) is 9.99. The SMILES string of the molecule is C(=Cc1ccc(-c2ccc(C=Cc3c[nH]nn3)cc2)cc1)c1ccccc1. The van der Waals surface area contributed by atoms with E-state index in [-0.39, 0.29) is 0 Å². The second kappa shape index (κ2) is 8.11. The monoisotopic (exact) mass is 349 g/mol. The van der Waals surface area contributed by atoms with Gasteiger partial charge in [-0.3, -0.25) is 5.10 Å². The minimum absolute atomic E-state index is 0.818. The summed E-state index contributed by atoms with van der Waals surface area (Å²) in [5, 5.41) is 10.3. The maximum Gasteiger partial charge on any atom is 0.105 e. The Kier molecular flexibility index (Phi) is 5.02. The average molecular weight is 349 g/mol. The maximum atomic E-state index is 3.94. The maximum absolute atomic E-state index is 3.94. The third kappa shape index (κ3) is 4.47. The zero-order valence-electron chi connectivity index (χ0n) is 14.8. The van der Waals surface area contributed by atoms with E-state index in [0.717, 1.165) is 11.3 Å². The van der Waals surface area contributed by atoms with E-state index in [2.05, 4.69) is 88.2 Å². The summed E-state index contributed by atoms with van der Waals surface area (Å²) >= 11 is 0. The number of nitrogens with zero attached hydrogens (tertiary/aromatic N) is 2. The van der Waals surface area contributed by atoms with E-state index in [1.54, 1.807) is 6.20 Å². The molecule has 1 aromatic heterocycles. The van der Waals surface area contributed by atoms with Crippen LogP contribution in [0.15, 0.2) is 85.1 Å². The van der Waals surface area contributed by atoms with E-state index in [1.165, 1.54) is 22.3 Å². The molecule has 0 spiro atoms. The van der Waals surface area contributed by atoms with E-state index >= 15 is 0 Å². The van der Waals surface area contributed by atoms with Gasteiger partial charge in [0, 0.05) is 6.20 Å². The van der Waals surface area contributed by atoms with Crippen molar-refractivity contribution < 1.29 is 0 Å². The molecule has 0 saturated carbocycles. The molecular weight excluding hydrogens is 330 g/mol. The number of aromatic amines is 1. The Morgan fingerprint density at radius 1 is 0.556 bits per heavy atom. The second-order valence-corrected chi connectivity index (χ2v) is 6.22. The fourth-order valence-corrected chi connectivity index (χ4v) is 2.80. The number of benzene rings is 3. The molecule has 1 heterocycles. The second-order valence-electron chi connectivity index (χ2n) is 6.22. The summed E-state index contributed by atoms with van der Waals surface area (Å²) in [6.45, 7) is 0. The molecule has 130 valence electrons. The standard InChI is InChI=1S/C24H19N3/c1-2-4-19(5-3-1)6-7-20-8-13-22(14-9-20)23-15-10-21(11-16-23)12-17-24-18-25-27-26-24/h1-18H,(H,25,26,27). The van der Waals surface area contributed by atoms with E-state index in [1.807, 2.05) is 30.4 Å². The molecular formula is C24H19N3. The molecule has 0 radical (unpaired) electrons. The number of hydrogen-bond acceptors (Lipinski definition) is 2. The predicted molar refractivity (Wildman–Crippen MR) is 113 cm³/mol. The van der Waals surface area contributed by atoms with Gasteiger partial charge in [0.15, 0.2) is 0 Å². The molecule has 0 bridgehead atoms. The highest BCUT2D eigenvalue weighted by Gasteiger charge is 1.98. The Balaban J connectivity index is 1.45. The van der Waals surface area contributed by atoms with Crippen LogP contribution in [0.1, 0.15) is 22.4 Å². The summed E-state index contributed by atoms with van der Waals surface area (Å²) in [5.74, 6) is 0. The van der Waals surface area contributed by atoms with E-state index in [0.29, 0.717) is 0 Å². The Morgan fingerprint density at radius 3 is 1.59 bits per heavy atom. The van der Waals surface area contributed by atoms with Crippen LogP contribution in [-0.4, -0.2) is 15.4 Å². The quantitative estimate of drug-likeness (QED) is 0.462. The minimum atomic E-state index is 0.818. The molecule has 0 unspecified atom stereocenters. The highest BCUT2D eigenvalue weighted by atomic mass is 15.3. The van der Waals surface area contributed by atoms with E-state index < -0.39 is 0 Å². The van der Waals surface area contributed by atoms with Gasteiger partial charge < -0.3 is 0 Å². The van der Waals surface area contributed by atoms with Crippen LogP contribution in [0.25, 0.3) is 35.4 Å². The lowest BCUT2D eigenvalue weighted by atomic mass is 10.0. The summed E-state index contributed by atoms with van der Waals surface area (Å²) in [5.41, 5.74) is 6.75. The van der Waals surface area contributed by atoms with Crippen molar-refractivity contribution >= 4 is 24.3 Å². The Hall–Kier alpha value is -3.72. The highest BCUT2D eigenvalue weighted by Crippen LogP contribution is 2.22. The third-order valence-electron chi connectivity index (χ3n) is 4.30. The smallest absolute Gasteiger partial charge is 0.105 e. The zero-order valence-corrected chi connectivity index (χ0v) is 14.8. The van der Waals surface area contributed by atoms with Crippen molar-refractivity contribution in [2.75, 3.05) is 0 Å². The van der Waals surface area contributed by atoms with Crippen molar-refractivity contribution in [1.29, 1.82) is 0 Å². The van der Waals surface area contributed by atoms with Crippen LogP contribution in [-0.2, 0) is 0 Å². The molecule has 0 aliphatic carbocycles. The average Bonchev–Trinajstić information content (AvgIpc) is 3.26. The first-order chi connectivity index (χ1) is 13.4. The first kappa shape index (κ1) is 16.7. The molecule has 0 aliphatic heterocycles. The van der Waals surface area contributed by atoms with E-state index in [4.69, 9.17) is 0 Å². The van der Waals surface area contributed by atoms with Gasteiger partial charge in [-0.05, 0) is 33.9 Å². The minimum Gasteiger partial charge on any atom is -0.265 e. The van der Waals surface area contributed by atoms with Crippen LogP contribution in [0.3, 0.4) is 0 Å². The van der Waals surface area contributed by atoms with Gasteiger partial charge in [-0.15, -0.1) is 5.10 Å². The molecule has 0 aliphatic rings. The molecule has 3 aromatic carbocycles. The molecule has 4 rings (SSSR count). The van der Waals surface area contributed by atoms with Crippen molar-refractivity contribution in [3.63, 3.8) is 0 Å². The van der Waals surface area contributed by atoms with Gasteiger partial charge in [0.05, 0.1) is 0 Å². The van der Waals surface area contributed by atoms with E-state index in [9.17, 15) is 0 Å². The predicted octanol–water partition coefficient (Wildman–Crippen LogP) is 5.81. The van der Waals surface area contributed by atoms with Crippen molar-refractivity contribution in [2.24, 2.45) is 0 Å². The first-order valence-electron chi connectivity index (χ1n) is 8.85. The van der Waals surface area contributed by atoms with Crippen LogP contribution in [0.2, 0.25) is 0 Å². The van der Waals surface area contributed by atoms with Crippen LogP contribution in [0, 0.1) is 0 Å². The Bertz CT molecular complexity index is 1030. The van der Waals surface area contributed by atoms with Crippen molar-refractivity contribution in [3.05, 3.63) is 107 Å². The number of aromatic nitrogens is 3. The van der Waals surface area contributed by atoms with Gasteiger partial charge in [-0.2, -0.15) is 0 Å². The molecule has 3 nitrogen and oxygen atoms in total. The fourth-order valence-electron chi connectivity index (χ4n) is 2.80. The number of nitrogens with one attached hydrogen (secondary N) is 1. The van der Waals surface area contributed by atoms with Crippen molar-refractivity contribution in [1.82, 2.24) is 15.4 Å². The van der Waals surface area contributed by atoms with Crippen LogP contribution < -0.4 is 0 Å². The Labute approximate surface area is 158 Å². The first-order valence-corrected chi connectivity index (χ1v) is 8.85. The Morgan fingerprint density at radius 2 is 1.07 bits per heavy atom. The molecule has 4 aromatic rings. The van der Waals surface area contributed by atoms with Crippen LogP contribution in [0.5, 0.6) is 0 Å². The molecule has 0 amide bonds. The number of H-pyrrole nitrogens is 1. The molecule has 0 atom stereocenters. The lowest BCUT2D eigenvalue weighted by Crippen LogP contribution is -1.80. The van der Waals surface area contributed by atoms with Gasteiger partial charge in [0.2, 0.25) is 0 Å². The lowest BCUT2D eigenvalue weighted by Gasteiger charge is -2.03. The molecule has 3 heteroatoms.